The van der Waals surface area contributed by atoms with Gasteiger partial charge < -0.3 is 60.9 Å². The zero-order chi connectivity index (χ0) is 27.2. The van der Waals surface area contributed by atoms with Crippen LogP contribution in [0.5, 0.6) is 57.5 Å². The maximum Gasteiger partial charge on any atom is 0.339 e. The van der Waals surface area contributed by atoms with Gasteiger partial charge in [-0.15, -0.1) is 0 Å². The van der Waals surface area contributed by atoms with E-state index in [1.807, 2.05) is 0 Å². The number of carboxylic acid groups (broad SMARTS) is 3. The van der Waals surface area contributed by atoms with Crippen molar-refractivity contribution in [1.29, 1.82) is 0 Å². The summed E-state index contributed by atoms with van der Waals surface area (Å²) in [6.45, 7) is 0. The van der Waals surface area contributed by atoms with Gasteiger partial charge in [0.1, 0.15) is 5.56 Å². The Hall–Kier alpha value is -5.73. The summed E-state index contributed by atoms with van der Waals surface area (Å²) in [4.78, 5) is 35.1. The number of benzene rings is 3. The fraction of sp³-hybridized carbons (Fsp3) is 0. The molecule has 188 valence electrons. The van der Waals surface area contributed by atoms with Crippen LogP contribution in [-0.2, 0) is 0 Å². The topological polar surface area (TPSA) is 283 Å². The van der Waals surface area contributed by atoms with Gasteiger partial charge in [-0.05, 0) is 12.1 Å². The van der Waals surface area contributed by atoms with Gasteiger partial charge >= 0.3 is 17.9 Å². The van der Waals surface area contributed by atoms with Gasteiger partial charge in [0.05, 0.1) is 11.1 Å². The van der Waals surface area contributed by atoms with Crippen molar-refractivity contribution in [3.05, 3.63) is 34.9 Å². The van der Waals surface area contributed by atoms with E-state index in [0.29, 0.717) is 18.2 Å². The number of hydrogen-bond acceptors (Lipinski definition) is 12. The molecule has 0 bridgehead atoms. The molecule has 0 spiro atoms. The number of phenols is 8. The van der Waals surface area contributed by atoms with E-state index in [4.69, 9.17) is 4.74 Å². The fourth-order valence-corrected chi connectivity index (χ4v) is 3.22. The first-order valence-electron chi connectivity index (χ1n) is 9.21. The van der Waals surface area contributed by atoms with Crippen molar-refractivity contribution in [1.82, 2.24) is 0 Å². The summed E-state index contributed by atoms with van der Waals surface area (Å²) in [6, 6.07) is 1.23. The first kappa shape index (κ1) is 24.9. The average molecular weight is 506 g/mol. The van der Waals surface area contributed by atoms with Crippen molar-refractivity contribution in [2.45, 2.75) is 0 Å². The highest BCUT2D eigenvalue weighted by atomic mass is 16.5. The molecule has 3 rings (SSSR count). The maximum absolute atomic E-state index is 11.8. The Morgan fingerprint density at radius 2 is 0.861 bits per heavy atom. The first-order chi connectivity index (χ1) is 16.7. The van der Waals surface area contributed by atoms with Crippen LogP contribution in [0.2, 0.25) is 0 Å². The van der Waals surface area contributed by atoms with Crippen molar-refractivity contribution in [2.24, 2.45) is 0 Å². The SMILES string of the molecule is O=C(O)c1cc(O)c(O)c(O)c1Oc1c(O)cc(C(=O)O)c(-c2c(C(=O)O)cc(O)c(O)c2O)c1O. The zero-order valence-electron chi connectivity index (χ0n) is 17.3. The molecule has 15 nitrogen and oxygen atoms in total. The Labute approximate surface area is 197 Å². The Morgan fingerprint density at radius 1 is 0.472 bits per heavy atom. The molecule has 0 aliphatic carbocycles. The minimum atomic E-state index is -1.90. The van der Waals surface area contributed by atoms with Crippen LogP contribution in [-0.4, -0.2) is 74.1 Å². The van der Waals surface area contributed by atoms with Crippen molar-refractivity contribution in [2.75, 3.05) is 0 Å². The van der Waals surface area contributed by atoms with E-state index in [0.717, 1.165) is 0 Å². The van der Waals surface area contributed by atoms with E-state index in [-0.39, 0.29) is 0 Å². The van der Waals surface area contributed by atoms with Crippen LogP contribution in [0.15, 0.2) is 18.2 Å². The number of rotatable bonds is 6. The van der Waals surface area contributed by atoms with Crippen molar-refractivity contribution >= 4 is 17.9 Å². The molecule has 36 heavy (non-hydrogen) atoms. The molecule has 15 heteroatoms. The molecule has 0 amide bonds. The molecule has 0 saturated carbocycles. The molecule has 0 aliphatic heterocycles. The predicted molar refractivity (Wildman–Crippen MR) is 113 cm³/mol. The van der Waals surface area contributed by atoms with E-state index in [1.54, 1.807) is 0 Å². The highest BCUT2D eigenvalue weighted by Crippen LogP contribution is 2.55. The summed E-state index contributed by atoms with van der Waals surface area (Å²) >= 11 is 0. The number of carboxylic acids is 3. The smallest absolute Gasteiger partial charge is 0.339 e. The second kappa shape index (κ2) is 8.56. The average Bonchev–Trinajstić information content (AvgIpc) is 2.79. The van der Waals surface area contributed by atoms with Crippen molar-refractivity contribution in [3.8, 4) is 68.6 Å². The summed E-state index contributed by atoms with van der Waals surface area (Å²) in [7, 11) is 0. The minimum absolute atomic E-state index is 0.388. The number of aromatic carboxylic acids is 3. The van der Waals surface area contributed by atoms with Gasteiger partial charge in [0.2, 0.25) is 23.0 Å². The van der Waals surface area contributed by atoms with Crippen LogP contribution >= 0.6 is 0 Å². The third-order valence-corrected chi connectivity index (χ3v) is 4.84. The van der Waals surface area contributed by atoms with Gasteiger partial charge in [0.25, 0.3) is 0 Å². The molecular weight excluding hydrogens is 492 g/mol. The molecule has 3 aromatic carbocycles. The van der Waals surface area contributed by atoms with Crippen LogP contribution in [0.3, 0.4) is 0 Å². The zero-order valence-corrected chi connectivity index (χ0v) is 17.3. The van der Waals surface area contributed by atoms with E-state index in [1.165, 1.54) is 0 Å². The minimum Gasteiger partial charge on any atom is -0.504 e. The van der Waals surface area contributed by atoms with E-state index in [9.17, 15) is 70.6 Å². The van der Waals surface area contributed by atoms with Crippen LogP contribution in [0.4, 0.5) is 0 Å². The van der Waals surface area contributed by atoms with Gasteiger partial charge in [0, 0.05) is 17.2 Å². The summed E-state index contributed by atoms with van der Waals surface area (Å²) in [5, 5.41) is 109. The van der Waals surface area contributed by atoms with Gasteiger partial charge in [-0.3, -0.25) is 0 Å². The predicted octanol–water partition coefficient (Wildman–Crippen LogP) is 1.89. The maximum atomic E-state index is 11.8. The number of aromatic hydroxyl groups is 8. The summed E-state index contributed by atoms with van der Waals surface area (Å²) in [5.41, 5.74) is -5.25. The molecule has 0 atom stereocenters. The third-order valence-electron chi connectivity index (χ3n) is 4.84. The highest BCUT2D eigenvalue weighted by Gasteiger charge is 2.33. The highest BCUT2D eigenvalue weighted by molar-refractivity contribution is 6.07. The van der Waals surface area contributed by atoms with E-state index >= 15 is 0 Å². The second-order valence-electron chi connectivity index (χ2n) is 7.00. The lowest BCUT2D eigenvalue weighted by molar-refractivity contribution is 0.0683. The first-order valence-corrected chi connectivity index (χ1v) is 9.21. The standard InChI is InChI=1S/C21H14O15/c22-7-1-4(19(30)31)10(14(27)12(7)25)11-5(20(32)33)2-9(24)18(15(11)28)36-17-6(21(34)35)3-8(23)13(26)16(17)29/h1-3,22-29H,(H,30,31)(H,32,33)(H,34,35). The molecule has 0 radical (unpaired) electrons. The van der Waals surface area contributed by atoms with Crippen LogP contribution in [0.1, 0.15) is 31.1 Å². The lowest BCUT2D eigenvalue weighted by Gasteiger charge is -2.19. The molecule has 0 unspecified atom stereocenters. The molecule has 11 N–H and O–H groups in total. The van der Waals surface area contributed by atoms with E-state index < -0.39 is 103 Å². The Balaban J connectivity index is 2.45. The number of phenolic OH excluding ortho intramolecular Hbond substituents is 8. The Morgan fingerprint density at radius 3 is 1.33 bits per heavy atom. The third kappa shape index (κ3) is 3.81. The van der Waals surface area contributed by atoms with Gasteiger partial charge in [-0.25, -0.2) is 14.4 Å². The largest absolute Gasteiger partial charge is 0.504 e. The number of ether oxygens (including phenoxy) is 1. The second-order valence-corrected chi connectivity index (χ2v) is 7.00. The van der Waals surface area contributed by atoms with Gasteiger partial charge in [-0.2, -0.15) is 0 Å². The number of hydrogen-bond donors (Lipinski definition) is 11. The fourth-order valence-electron chi connectivity index (χ4n) is 3.22. The monoisotopic (exact) mass is 506 g/mol. The summed E-state index contributed by atoms with van der Waals surface area (Å²) in [5.74, 6) is -18.2. The van der Waals surface area contributed by atoms with Crippen LogP contribution in [0.25, 0.3) is 11.1 Å². The normalized spacial score (nSPS) is 10.7. The lowest BCUT2D eigenvalue weighted by atomic mass is 9.92. The molecule has 0 saturated heterocycles. The van der Waals surface area contributed by atoms with Crippen molar-refractivity contribution < 1.29 is 75.3 Å². The summed E-state index contributed by atoms with van der Waals surface area (Å²) in [6.07, 6.45) is 0. The van der Waals surface area contributed by atoms with Gasteiger partial charge in [0.15, 0.2) is 34.5 Å². The molecular formula is C21H14O15. The molecule has 3 aromatic rings. The van der Waals surface area contributed by atoms with E-state index in [2.05, 4.69) is 0 Å². The molecule has 0 heterocycles. The van der Waals surface area contributed by atoms with Crippen LogP contribution in [0, 0.1) is 0 Å². The Kier molecular flexibility index (Phi) is 5.92. The quantitative estimate of drug-likeness (QED) is 0.213. The molecule has 0 fully saturated rings. The van der Waals surface area contributed by atoms with Crippen molar-refractivity contribution in [3.63, 3.8) is 0 Å². The van der Waals surface area contributed by atoms with Gasteiger partial charge in [-0.1, -0.05) is 0 Å². The van der Waals surface area contributed by atoms with Crippen LogP contribution < -0.4 is 4.74 Å². The summed E-state index contributed by atoms with van der Waals surface area (Å²) < 4.78 is 5.05. The molecule has 0 aromatic heterocycles. The lowest BCUT2D eigenvalue weighted by Crippen LogP contribution is -2.06. The molecule has 0 aliphatic rings. The number of carbonyl (C=O) groups is 3. The Bertz CT molecular complexity index is 1470.